The summed E-state index contributed by atoms with van der Waals surface area (Å²) < 4.78 is 0. The summed E-state index contributed by atoms with van der Waals surface area (Å²) in [6, 6.07) is -0.630. The number of nitrogens with zero attached hydrogens (tertiary/aromatic N) is 1. The number of hydrogen-bond donors (Lipinski definition) is 3. The van der Waals surface area contributed by atoms with Gasteiger partial charge in [0.2, 0.25) is 11.8 Å². The third kappa shape index (κ3) is 2.92. The lowest BCUT2D eigenvalue weighted by Gasteiger charge is -2.15. The second-order valence-electron chi connectivity index (χ2n) is 4.19. The number of hydrogen-bond acceptors (Lipinski definition) is 4. The van der Waals surface area contributed by atoms with Crippen molar-refractivity contribution in [3.63, 3.8) is 0 Å². The van der Waals surface area contributed by atoms with E-state index in [0.717, 1.165) is 4.90 Å². The molecular weight excluding hydrogens is 228 g/mol. The number of rotatable bonds is 4. The first-order valence-corrected chi connectivity index (χ1v) is 4.93. The predicted molar refractivity (Wildman–Crippen MR) is 56.5 cm³/mol. The van der Waals surface area contributed by atoms with Crippen LogP contribution < -0.4 is 16.4 Å². The van der Waals surface area contributed by atoms with Gasteiger partial charge in [0.1, 0.15) is 12.1 Å². The Hall–Kier alpha value is -2.12. The standard InChI is InChI=1S/C9H14N4O4/c1-9(2)7(16)13(8(17)12-9)4-6(15)11-3-5(10)14/h3-4H2,1-2H3,(H2,10,14)(H,11,15)(H,12,17). The zero-order valence-corrected chi connectivity index (χ0v) is 9.57. The van der Waals surface area contributed by atoms with E-state index in [4.69, 9.17) is 5.73 Å². The van der Waals surface area contributed by atoms with Gasteiger partial charge in [0.25, 0.3) is 5.91 Å². The average Bonchev–Trinajstić information content (AvgIpc) is 2.38. The molecule has 1 fully saturated rings. The van der Waals surface area contributed by atoms with Crippen LogP contribution in [0.3, 0.4) is 0 Å². The molecular formula is C9H14N4O4. The number of primary amides is 1. The number of urea groups is 1. The van der Waals surface area contributed by atoms with E-state index < -0.39 is 35.8 Å². The monoisotopic (exact) mass is 242 g/mol. The van der Waals surface area contributed by atoms with Gasteiger partial charge in [0.05, 0.1) is 6.54 Å². The molecule has 0 radical (unpaired) electrons. The summed E-state index contributed by atoms with van der Waals surface area (Å²) in [5, 5.41) is 4.62. The molecule has 1 saturated heterocycles. The third-order valence-electron chi connectivity index (χ3n) is 2.21. The molecule has 0 atom stereocenters. The van der Waals surface area contributed by atoms with Crippen molar-refractivity contribution in [3.05, 3.63) is 0 Å². The van der Waals surface area contributed by atoms with Crippen LogP contribution in [0.5, 0.6) is 0 Å². The van der Waals surface area contributed by atoms with Gasteiger partial charge in [-0.3, -0.25) is 19.3 Å². The van der Waals surface area contributed by atoms with E-state index in [1.54, 1.807) is 0 Å². The van der Waals surface area contributed by atoms with Crippen LogP contribution in [-0.4, -0.2) is 47.3 Å². The molecule has 0 aromatic carbocycles. The fraction of sp³-hybridized carbons (Fsp3) is 0.556. The van der Waals surface area contributed by atoms with Crippen LogP contribution in [0.2, 0.25) is 0 Å². The Morgan fingerprint density at radius 1 is 1.41 bits per heavy atom. The van der Waals surface area contributed by atoms with E-state index in [0.29, 0.717) is 0 Å². The molecule has 1 rings (SSSR count). The number of carbonyl (C=O) groups excluding carboxylic acids is 4. The fourth-order valence-corrected chi connectivity index (χ4v) is 1.35. The summed E-state index contributed by atoms with van der Waals surface area (Å²) in [5.74, 6) is -1.81. The molecule has 0 aliphatic carbocycles. The van der Waals surface area contributed by atoms with Gasteiger partial charge in [-0.2, -0.15) is 0 Å². The van der Waals surface area contributed by atoms with Gasteiger partial charge in [0, 0.05) is 0 Å². The van der Waals surface area contributed by atoms with Gasteiger partial charge >= 0.3 is 6.03 Å². The Bertz CT molecular complexity index is 390. The molecule has 1 heterocycles. The predicted octanol–water partition coefficient (Wildman–Crippen LogP) is -2.08. The number of imide groups is 1. The van der Waals surface area contributed by atoms with E-state index in [1.165, 1.54) is 13.8 Å². The van der Waals surface area contributed by atoms with Gasteiger partial charge in [-0.15, -0.1) is 0 Å². The summed E-state index contributed by atoms with van der Waals surface area (Å²) >= 11 is 0. The van der Waals surface area contributed by atoms with E-state index in [2.05, 4.69) is 10.6 Å². The van der Waals surface area contributed by atoms with Crippen LogP contribution in [-0.2, 0) is 14.4 Å². The molecule has 0 saturated carbocycles. The van der Waals surface area contributed by atoms with Crippen molar-refractivity contribution in [1.29, 1.82) is 0 Å². The lowest BCUT2D eigenvalue weighted by atomic mass is 10.1. The van der Waals surface area contributed by atoms with Gasteiger partial charge in [-0.1, -0.05) is 0 Å². The molecule has 94 valence electrons. The third-order valence-corrected chi connectivity index (χ3v) is 2.21. The fourth-order valence-electron chi connectivity index (χ4n) is 1.35. The highest BCUT2D eigenvalue weighted by atomic mass is 16.2. The first-order valence-electron chi connectivity index (χ1n) is 4.93. The minimum atomic E-state index is -1.01. The normalized spacial score (nSPS) is 17.9. The second kappa shape index (κ2) is 4.40. The van der Waals surface area contributed by atoms with Crippen LogP contribution in [0.25, 0.3) is 0 Å². The Labute approximate surface area is 97.5 Å². The Morgan fingerprint density at radius 2 is 2.00 bits per heavy atom. The molecule has 0 aromatic rings. The quantitative estimate of drug-likeness (QED) is 0.489. The molecule has 1 aliphatic rings. The Kier molecular flexibility index (Phi) is 3.35. The van der Waals surface area contributed by atoms with Gasteiger partial charge in [-0.05, 0) is 13.8 Å². The second-order valence-corrected chi connectivity index (χ2v) is 4.19. The molecule has 4 N–H and O–H groups in total. The summed E-state index contributed by atoms with van der Waals surface area (Å²) in [7, 11) is 0. The van der Waals surface area contributed by atoms with E-state index in [-0.39, 0.29) is 6.54 Å². The maximum absolute atomic E-state index is 11.7. The number of nitrogens with one attached hydrogen (secondary N) is 2. The van der Waals surface area contributed by atoms with Gasteiger partial charge in [0.15, 0.2) is 0 Å². The van der Waals surface area contributed by atoms with Crippen molar-refractivity contribution in [1.82, 2.24) is 15.5 Å². The smallest absolute Gasteiger partial charge is 0.325 e. The first-order chi connectivity index (χ1) is 7.74. The maximum Gasteiger partial charge on any atom is 0.325 e. The zero-order valence-electron chi connectivity index (χ0n) is 9.57. The molecule has 17 heavy (non-hydrogen) atoms. The maximum atomic E-state index is 11.7. The summed E-state index contributed by atoms with van der Waals surface area (Å²) in [6.45, 7) is 2.32. The van der Waals surface area contributed by atoms with Crippen LogP contribution >= 0.6 is 0 Å². The highest BCUT2D eigenvalue weighted by Crippen LogP contribution is 2.15. The summed E-state index contributed by atoms with van der Waals surface area (Å²) in [6.07, 6.45) is 0. The molecule has 1 aliphatic heterocycles. The lowest BCUT2D eigenvalue weighted by Crippen LogP contribution is -2.44. The van der Waals surface area contributed by atoms with E-state index in [1.807, 2.05) is 0 Å². The van der Waals surface area contributed by atoms with Crippen molar-refractivity contribution < 1.29 is 19.2 Å². The van der Waals surface area contributed by atoms with Crippen LogP contribution in [0.4, 0.5) is 4.79 Å². The SMILES string of the molecule is CC1(C)NC(=O)N(CC(=O)NCC(N)=O)C1=O. The van der Waals surface area contributed by atoms with E-state index >= 15 is 0 Å². The van der Waals surface area contributed by atoms with Crippen molar-refractivity contribution in [2.24, 2.45) is 5.73 Å². The minimum absolute atomic E-state index is 0.328. The topological polar surface area (TPSA) is 122 Å². The van der Waals surface area contributed by atoms with Crippen molar-refractivity contribution in [2.75, 3.05) is 13.1 Å². The first kappa shape index (κ1) is 12.9. The Balaban J connectivity index is 2.58. The lowest BCUT2D eigenvalue weighted by molar-refractivity contribution is -0.134. The summed E-state index contributed by atoms with van der Waals surface area (Å²) in [5.41, 5.74) is 3.82. The molecule has 5 amide bonds. The zero-order chi connectivity index (χ0) is 13.2. The highest BCUT2D eigenvalue weighted by Gasteiger charge is 2.44. The molecule has 0 unspecified atom stereocenters. The Morgan fingerprint density at radius 3 is 2.41 bits per heavy atom. The van der Waals surface area contributed by atoms with Crippen LogP contribution in [0.15, 0.2) is 0 Å². The minimum Gasteiger partial charge on any atom is -0.368 e. The average molecular weight is 242 g/mol. The number of amides is 5. The molecule has 0 spiro atoms. The molecule has 8 heteroatoms. The van der Waals surface area contributed by atoms with Crippen LogP contribution in [0.1, 0.15) is 13.8 Å². The van der Waals surface area contributed by atoms with Gasteiger partial charge < -0.3 is 16.4 Å². The van der Waals surface area contributed by atoms with Crippen molar-refractivity contribution in [3.8, 4) is 0 Å². The highest BCUT2D eigenvalue weighted by molar-refractivity contribution is 6.08. The van der Waals surface area contributed by atoms with E-state index in [9.17, 15) is 19.2 Å². The number of carbonyl (C=O) groups is 4. The molecule has 0 aromatic heterocycles. The van der Waals surface area contributed by atoms with Crippen LogP contribution in [0, 0.1) is 0 Å². The van der Waals surface area contributed by atoms with Gasteiger partial charge in [-0.25, -0.2) is 4.79 Å². The van der Waals surface area contributed by atoms with Crippen molar-refractivity contribution >= 4 is 23.8 Å². The number of nitrogens with two attached hydrogens (primary N) is 1. The molecule has 0 bridgehead atoms. The largest absolute Gasteiger partial charge is 0.368 e. The summed E-state index contributed by atoms with van der Waals surface area (Å²) in [4.78, 5) is 45.6. The molecule has 8 nitrogen and oxygen atoms in total. The van der Waals surface area contributed by atoms with Crippen molar-refractivity contribution in [2.45, 2.75) is 19.4 Å².